The van der Waals surface area contributed by atoms with Gasteiger partial charge in [0.1, 0.15) is 0 Å². The predicted octanol–water partition coefficient (Wildman–Crippen LogP) is 2.87. The number of likely N-dealkylation sites (tertiary alicyclic amines) is 1. The maximum absolute atomic E-state index is 12.2. The zero-order valence-electron chi connectivity index (χ0n) is 17.4. The minimum atomic E-state index is -0.0947. The first-order valence-corrected chi connectivity index (χ1v) is 10.5. The van der Waals surface area contributed by atoms with Gasteiger partial charge in [0.2, 0.25) is 11.8 Å². The lowest BCUT2D eigenvalue weighted by atomic mass is 10.1. The van der Waals surface area contributed by atoms with Gasteiger partial charge in [-0.3, -0.25) is 9.59 Å². The first-order valence-electron chi connectivity index (χ1n) is 10.5. The number of aryl methyl sites for hydroxylation is 2. The molecule has 1 aliphatic heterocycles. The summed E-state index contributed by atoms with van der Waals surface area (Å²) < 4.78 is 1.72. The molecular weight excluding hydrogens is 380 g/mol. The lowest BCUT2D eigenvalue weighted by Gasteiger charge is -2.14. The highest BCUT2D eigenvalue weighted by molar-refractivity contribution is 5.91. The maximum Gasteiger partial charge on any atom is 0.251 e. The van der Waals surface area contributed by atoms with Gasteiger partial charge in [0, 0.05) is 37.2 Å². The summed E-state index contributed by atoms with van der Waals surface area (Å²) in [5.74, 6) is 0.636. The van der Waals surface area contributed by atoms with Crippen LogP contribution in [0.5, 0.6) is 0 Å². The molecule has 4 rings (SSSR count). The molecule has 8 nitrogen and oxygen atoms in total. The molecule has 1 fully saturated rings. The lowest BCUT2D eigenvalue weighted by molar-refractivity contribution is -0.128. The van der Waals surface area contributed by atoms with Gasteiger partial charge in [-0.1, -0.05) is 26.0 Å². The Labute approximate surface area is 175 Å². The number of rotatable bonds is 7. The highest BCUT2D eigenvalue weighted by Gasteiger charge is 2.20. The van der Waals surface area contributed by atoms with E-state index in [0.29, 0.717) is 25.2 Å². The highest BCUT2D eigenvalue weighted by Crippen LogP contribution is 2.21. The van der Waals surface area contributed by atoms with Crippen molar-refractivity contribution < 1.29 is 9.59 Å². The van der Waals surface area contributed by atoms with Crippen LogP contribution in [0.3, 0.4) is 0 Å². The molecule has 156 valence electrons. The van der Waals surface area contributed by atoms with Crippen molar-refractivity contribution in [3.63, 3.8) is 0 Å². The molecule has 0 radical (unpaired) electrons. The van der Waals surface area contributed by atoms with Gasteiger partial charge in [0.25, 0.3) is 5.78 Å². The van der Waals surface area contributed by atoms with E-state index in [9.17, 15) is 9.59 Å². The van der Waals surface area contributed by atoms with Crippen LogP contribution in [-0.4, -0.2) is 49.4 Å². The van der Waals surface area contributed by atoms with E-state index in [4.69, 9.17) is 0 Å². The van der Waals surface area contributed by atoms with Gasteiger partial charge in [0.15, 0.2) is 0 Å². The number of benzene rings is 1. The second-order valence-corrected chi connectivity index (χ2v) is 7.44. The molecule has 2 amide bonds. The van der Waals surface area contributed by atoms with E-state index in [1.54, 1.807) is 9.42 Å². The van der Waals surface area contributed by atoms with Crippen LogP contribution in [0.25, 0.3) is 17.0 Å². The van der Waals surface area contributed by atoms with E-state index < -0.39 is 0 Å². The first kappa shape index (κ1) is 20.0. The summed E-state index contributed by atoms with van der Waals surface area (Å²) in [6.07, 6.45) is 5.32. The Bertz CT molecular complexity index is 1030. The number of hydrogen-bond donors (Lipinski definition) is 1. The average Bonchev–Trinajstić information content (AvgIpc) is 3.37. The molecule has 30 heavy (non-hydrogen) atoms. The average molecular weight is 406 g/mol. The molecule has 0 atom stereocenters. The number of hydrogen-bond acceptors (Lipinski definition) is 5. The summed E-state index contributed by atoms with van der Waals surface area (Å²) in [6, 6.07) is 7.55. The van der Waals surface area contributed by atoms with Gasteiger partial charge in [-0.25, -0.2) is 14.5 Å². The largest absolute Gasteiger partial charge is 0.342 e. The third-order valence-corrected chi connectivity index (χ3v) is 5.38. The number of carbonyl (C=O) groups is 2. The summed E-state index contributed by atoms with van der Waals surface area (Å²) in [5.41, 5.74) is 4.41. The van der Waals surface area contributed by atoms with Crippen molar-refractivity contribution in [2.75, 3.05) is 18.4 Å². The van der Waals surface area contributed by atoms with Crippen molar-refractivity contribution in [3.8, 4) is 11.3 Å². The van der Waals surface area contributed by atoms with E-state index in [1.165, 1.54) is 0 Å². The molecular formula is C22H26N6O2. The molecule has 8 heteroatoms. The van der Waals surface area contributed by atoms with E-state index in [2.05, 4.69) is 34.2 Å². The molecule has 3 aromatic rings. The number of imidazole rings is 1. The van der Waals surface area contributed by atoms with Crippen LogP contribution in [0.15, 0.2) is 30.5 Å². The first-order chi connectivity index (χ1) is 14.6. The smallest absolute Gasteiger partial charge is 0.251 e. The van der Waals surface area contributed by atoms with Crippen molar-refractivity contribution in [3.05, 3.63) is 41.9 Å². The van der Waals surface area contributed by atoms with Crippen molar-refractivity contribution in [1.29, 1.82) is 0 Å². The summed E-state index contributed by atoms with van der Waals surface area (Å²) in [5, 5.41) is 7.52. The summed E-state index contributed by atoms with van der Waals surface area (Å²) >= 11 is 0. The Balaban J connectivity index is 1.42. The van der Waals surface area contributed by atoms with Crippen molar-refractivity contribution in [2.24, 2.45) is 0 Å². The van der Waals surface area contributed by atoms with E-state index >= 15 is 0 Å². The standard InChI is InChI=1S/C22H26N6O2/c1-3-17-18(4-2)26-28-14-19(25-22(28)24-17)15-7-9-16(10-8-15)23-20(29)11-13-27-12-5-6-21(27)30/h7-10,14H,3-6,11-13H2,1-2H3,(H,23,29). The van der Waals surface area contributed by atoms with Crippen molar-refractivity contribution in [2.45, 2.75) is 46.0 Å². The number of aromatic nitrogens is 4. The minimum Gasteiger partial charge on any atom is -0.342 e. The monoisotopic (exact) mass is 406 g/mol. The second kappa shape index (κ2) is 8.61. The number of nitrogens with one attached hydrogen (secondary N) is 1. The van der Waals surface area contributed by atoms with Crippen LogP contribution in [0, 0.1) is 0 Å². The topological polar surface area (TPSA) is 92.5 Å². The Morgan fingerprint density at radius 2 is 1.87 bits per heavy atom. The molecule has 1 aromatic carbocycles. The lowest BCUT2D eigenvalue weighted by Crippen LogP contribution is -2.28. The number of nitrogens with zero attached hydrogens (tertiary/aromatic N) is 5. The fourth-order valence-corrected chi connectivity index (χ4v) is 3.71. The van der Waals surface area contributed by atoms with Crippen molar-refractivity contribution in [1.82, 2.24) is 24.5 Å². The fourth-order valence-electron chi connectivity index (χ4n) is 3.71. The Morgan fingerprint density at radius 1 is 1.10 bits per heavy atom. The van der Waals surface area contributed by atoms with Gasteiger partial charge < -0.3 is 10.2 Å². The zero-order valence-corrected chi connectivity index (χ0v) is 17.4. The zero-order chi connectivity index (χ0) is 21.1. The molecule has 2 aromatic heterocycles. The van der Waals surface area contributed by atoms with Gasteiger partial charge in [0.05, 0.1) is 23.3 Å². The third-order valence-electron chi connectivity index (χ3n) is 5.38. The number of amides is 2. The molecule has 0 saturated carbocycles. The molecule has 0 bridgehead atoms. The van der Waals surface area contributed by atoms with Gasteiger partial charge >= 0.3 is 0 Å². The Kier molecular flexibility index (Phi) is 5.74. The molecule has 0 aliphatic carbocycles. The molecule has 3 heterocycles. The van der Waals surface area contributed by atoms with Gasteiger partial charge in [-0.05, 0) is 31.4 Å². The number of anilines is 1. The highest BCUT2D eigenvalue weighted by atomic mass is 16.2. The van der Waals surface area contributed by atoms with Crippen LogP contribution in [-0.2, 0) is 22.4 Å². The molecule has 1 N–H and O–H groups in total. The third kappa shape index (κ3) is 4.17. The van der Waals surface area contributed by atoms with Crippen LogP contribution in [0.4, 0.5) is 5.69 Å². The molecule has 0 spiro atoms. The van der Waals surface area contributed by atoms with Crippen LogP contribution >= 0.6 is 0 Å². The minimum absolute atomic E-state index is 0.0947. The maximum atomic E-state index is 12.2. The van der Waals surface area contributed by atoms with Crippen LogP contribution in [0.2, 0.25) is 0 Å². The second-order valence-electron chi connectivity index (χ2n) is 7.44. The summed E-state index contributed by atoms with van der Waals surface area (Å²) in [7, 11) is 0. The Morgan fingerprint density at radius 3 is 2.53 bits per heavy atom. The fraction of sp³-hybridized carbons (Fsp3) is 0.409. The molecule has 1 saturated heterocycles. The summed E-state index contributed by atoms with van der Waals surface area (Å²) in [4.78, 5) is 34.8. The SMILES string of the molecule is CCc1nc2nc(-c3ccc(NC(=O)CCN4CCCC4=O)cc3)cn2nc1CC. The quantitative estimate of drug-likeness (QED) is 0.651. The van der Waals surface area contributed by atoms with Gasteiger partial charge in [-0.2, -0.15) is 5.10 Å². The van der Waals surface area contributed by atoms with Crippen LogP contribution < -0.4 is 5.32 Å². The van der Waals surface area contributed by atoms with E-state index in [-0.39, 0.29) is 11.8 Å². The van der Waals surface area contributed by atoms with Crippen molar-refractivity contribution >= 4 is 23.3 Å². The number of carbonyl (C=O) groups excluding carboxylic acids is 2. The van der Waals surface area contributed by atoms with E-state index in [0.717, 1.165) is 54.1 Å². The molecule has 1 aliphatic rings. The summed E-state index contributed by atoms with van der Waals surface area (Å²) in [6.45, 7) is 5.37. The van der Waals surface area contributed by atoms with Gasteiger partial charge in [-0.15, -0.1) is 0 Å². The predicted molar refractivity (Wildman–Crippen MR) is 114 cm³/mol. The van der Waals surface area contributed by atoms with Crippen LogP contribution in [0.1, 0.15) is 44.5 Å². The normalized spacial score (nSPS) is 13.9. The Hall–Kier alpha value is -3.29. The van der Waals surface area contributed by atoms with E-state index in [1.807, 2.05) is 30.5 Å². The number of fused-ring (bicyclic) bond motifs is 1. The molecule has 0 unspecified atom stereocenters.